The number of nitrogens with zero attached hydrogens (tertiary/aromatic N) is 3. The number of rotatable bonds is 5. The molecule has 0 aromatic heterocycles. The maximum Gasteiger partial charge on any atom is 0.349 e. The number of nitrogens with one attached hydrogen (secondary N) is 1. The van der Waals surface area contributed by atoms with Crippen LogP contribution < -0.4 is 22.3 Å². The maximum absolute atomic E-state index is 12.1. The minimum absolute atomic E-state index is 0.184. The van der Waals surface area contributed by atoms with E-state index in [1.54, 1.807) is 0 Å². The average molecular weight is 329 g/mol. The van der Waals surface area contributed by atoms with Crippen molar-refractivity contribution in [2.45, 2.75) is 20.4 Å². The van der Waals surface area contributed by atoms with Crippen LogP contribution in [0.4, 0.5) is 0 Å². The van der Waals surface area contributed by atoms with E-state index < -0.39 is 11.2 Å². The van der Waals surface area contributed by atoms with Gasteiger partial charge in [0.1, 0.15) is 0 Å². The van der Waals surface area contributed by atoms with Gasteiger partial charge in [-0.15, -0.1) is 0 Å². The smallest absolute Gasteiger partial charge is 0.344 e. The number of hydrogen-bond donors (Lipinski definition) is 3. The molecule has 1 aromatic rings. The van der Waals surface area contributed by atoms with E-state index in [1.807, 2.05) is 30.5 Å². The van der Waals surface area contributed by atoms with E-state index in [2.05, 4.69) is 20.3 Å². The van der Waals surface area contributed by atoms with Crippen molar-refractivity contribution < 1.29 is 5.32 Å². The first-order chi connectivity index (χ1) is 11.5. The lowest BCUT2D eigenvalue weighted by Crippen LogP contribution is -2.86. The van der Waals surface area contributed by atoms with Crippen LogP contribution >= 0.6 is 0 Å². The number of aryl methyl sites for hydroxylation is 2. The molecule has 2 aliphatic heterocycles. The van der Waals surface area contributed by atoms with Crippen molar-refractivity contribution >= 4 is 11.0 Å². The predicted molar refractivity (Wildman–Crippen MR) is 91.2 cm³/mol. The van der Waals surface area contributed by atoms with Gasteiger partial charge in [0.2, 0.25) is 0 Å². The van der Waals surface area contributed by atoms with E-state index in [1.165, 1.54) is 0 Å². The van der Waals surface area contributed by atoms with Gasteiger partial charge in [0.25, 0.3) is 5.56 Å². The van der Waals surface area contributed by atoms with Crippen molar-refractivity contribution in [3.8, 4) is 11.5 Å². The highest BCUT2D eigenvalue weighted by Crippen LogP contribution is 2.23. The number of aromatic amines is 1. The van der Waals surface area contributed by atoms with Gasteiger partial charge < -0.3 is 15.6 Å². The van der Waals surface area contributed by atoms with E-state index in [0.717, 1.165) is 35.2 Å². The molecule has 0 amide bonds. The standard InChI is InChI=1S/C16H20N6O2/c1-9-7-11-12(8-10(9)2)22(6-5-18-4-3-17)14-13(19-11)15(23)21-16(24)20-14/h7-8,18H,3-6,17H2,1-2H3,(H,21,23,24)/p+1. The molecule has 0 saturated carbocycles. The third-order valence-corrected chi connectivity index (χ3v) is 4.15. The highest BCUT2D eigenvalue weighted by atomic mass is 16.2. The highest BCUT2D eigenvalue weighted by Gasteiger charge is 2.19. The third-order valence-electron chi connectivity index (χ3n) is 4.15. The minimum Gasteiger partial charge on any atom is -0.344 e. The molecule has 0 bridgehead atoms. The Bertz CT molecular complexity index is 975. The zero-order valence-corrected chi connectivity index (χ0v) is 13.8. The van der Waals surface area contributed by atoms with Crippen molar-refractivity contribution in [2.75, 3.05) is 19.6 Å². The number of fused-ring (bicyclic) bond motifs is 2. The Morgan fingerprint density at radius 3 is 2.67 bits per heavy atom. The second-order valence-corrected chi connectivity index (χ2v) is 5.89. The molecule has 126 valence electrons. The first-order valence-electron chi connectivity index (χ1n) is 7.95. The van der Waals surface area contributed by atoms with E-state index in [-0.39, 0.29) is 5.69 Å². The second-order valence-electron chi connectivity index (χ2n) is 5.89. The fraction of sp³-hybridized carbons (Fsp3) is 0.375. The Kier molecular flexibility index (Phi) is 4.41. The zero-order chi connectivity index (χ0) is 17.3. The number of benzene rings is 1. The molecule has 0 spiro atoms. The predicted octanol–water partition coefficient (Wildman–Crippen LogP) is -1.28. The van der Waals surface area contributed by atoms with E-state index in [4.69, 9.17) is 5.73 Å². The zero-order valence-electron chi connectivity index (χ0n) is 13.8. The number of nitrogens with two attached hydrogens (primary N) is 2. The summed E-state index contributed by atoms with van der Waals surface area (Å²) in [6.07, 6.45) is 0. The van der Waals surface area contributed by atoms with Crippen molar-refractivity contribution in [3.05, 3.63) is 44.1 Å². The number of quaternary nitrogens is 1. The number of aromatic nitrogens is 4. The first-order valence-corrected chi connectivity index (χ1v) is 7.95. The molecule has 8 nitrogen and oxygen atoms in total. The fourth-order valence-electron chi connectivity index (χ4n) is 2.76. The quantitative estimate of drug-likeness (QED) is 0.397. The van der Waals surface area contributed by atoms with Crippen molar-refractivity contribution in [2.24, 2.45) is 5.73 Å². The van der Waals surface area contributed by atoms with Crippen LogP contribution in [0, 0.1) is 13.8 Å². The van der Waals surface area contributed by atoms with E-state index in [0.29, 0.717) is 18.9 Å². The summed E-state index contributed by atoms with van der Waals surface area (Å²) >= 11 is 0. The maximum atomic E-state index is 12.1. The Morgan fingerprint density at radius 1 is 1.17 bits per heavy atom. The molecule has 1 aromatic carbocycles. The van der Waals surface area contributed by atoms with Crippen LogP contribution in [0.1, 0.15) is 11.1 Å². The SMILES string of the molecule is Cc1cc2nc3c(=O)[nH]c(=O)nc-3n(CC[NH2+]CCN)c2cc1C. The Balaban J connectivity index is 2.26. The van der Waals surface area contributed by atoms with Gasteiger partial charge in [-0.05, 0) is 37.1 Å². The van der Waals surface area contributed by atoms with Crippen LogP contribution in [0.15, 0.2) is 21.7 Å². The molecule has 0 saturated heterocycles. The van der Waals surface area contributed by atoms with Crippen LogP contribution in [0.2, 0.25) is 0 Å². The molecule has 3 rings (SSSR count). The molecule has 0 atom stereocenters. The van der Waals surface area contributed by atoms with Crippen LogP contribution in [0.3, 0.4) is 0 Å². The monoisotopic (exact) mass is 329 g/mol. The van der Waals surface area contributed by atoms with Crippen LogP contribution in [-0.2, 0) is 6.54 Å². The lowest BCUT2D eigenvalue weighted by molar-refractivity contribution is -0.653. The Morgan fingerprint density at radius 2 is 1.92 bits per heavy atom. The summed E-state index contributed by atoms with van der Waals surface area (Å²) in [5.41, 5.74) is 8.34. The second kappa shape index (κ2) is 6.50. The number of hydrogen-bond acceptors (Lipinski definition) is 5. The molecule has 2 aliphatic rings. The van der Waals surface area contributed by atoms with Gasteiger partial charge >= 0.3 is 5.69 Å². The summed E-state index contributed by atoms with van der Waals surface area (Å²) in [6, 6.07) is 3.97. The molecule has 0 aliphatic carbocycles. The molecular weight excluding hydrogens is 308 g/mol. The minimum atomic E-state index is -0.655. The summed E-state index contributed by atoms with van der Waals surface area (Å²) in [6.45, 7) is 6.82. The Hall–Kier alpha value is -2.58. The molecule has 5 N–H and O–H groups in total. The fourth-order valence-corrected chi connectivity index (χ4v) is 2.76. The van der Waals surface area contributed by atoms with Gasteiger partial charge in [-0.25, -0.2) is 9.78 Å². The molecule has 8 heteroatoms. The summed E-state index contributed by atoms with van der Waals surface area (Å²) in [5, 5.41) is 2.09. The van der Waals surface area contributed by atoms with Gasteiger partial charge in [0, 0.05) is 6.54 Å². The molecule has 2 heterocycles. The molecule has 0 fully saturated rings. The summed E-state index contributed by atoms with van der Waals surface area (Å²) in [5.74, 6) is 0.320. The van der Waals surface area contributed by atoms with Crippen molar-refractivity contribution in [1.29, 1.82) is 0 Å². The average Bonchev–Trinajstić information content (AvgIpc) is 2.53. The topological polar surface area (TPSA) is 123 Å². The molecular formula is C16H21N6O2+. The first kappa shape index (κ1) is 16.3. The van der Waals surface area contributed by atoms with Crippen molar-refractivity contribution in [1.82, 2.24) is 19.5 Å². The van der Waals surface area contributed by atoms with Gasteiger partial charge in [0.05, 0.1) is 30.7 Å². The van der Waals surface area contributed by atoms with Gasteiger partial charge in [0.15, 0.2) is 11.5 Å². The van der Waals surface area contributed by atoms with Crippen LogP contribution in [0.5, 0.6) is 0 Å². The summed E-state index contributed by atoms with van der Waals surface area (Å²) < 4.78 is 1.90. The van der Waals surface area contributed by atoms with Crippen LogP contribution in [0.25, 0.3) is 22.6 Å². The van der Waals surface area contributed by atoms with Gasteiger partial charge in [-0.2, -0.15) is 4.98 Å². The van der Waals surface area contributed by atoms with Gasteiger partial charge in [-0.3, -0.25) is 9.78 Å². The third kappa shape index (κ3) is 2.93. The highest BCUT2D eigenvalue weighted by molar-refractivity contribution is 5.81. The molecule has 0 unspecified atom stereocenters. The normalized spacial score (nSPS) is 11.5. The summed E-state index contributed by atoms with van der Waals surface area (Å²) in [7, 11) is 0. The Labute approximate surface area is 138 Å². The lowest BCUT2D eigenvalue weighted by Gasteiger charge is -2.17. The summed E-state index contributed by atoms with van der Waals surface area (Å²) in [4.78, 5) is 34.4. The van der Waals surface area contributed by atoms with Crippen LogP contribution in [-0.4, -0.2) is 39.2 Å². The van der Waals surface area contributed by atoms with E-state index >= 15 is 0 Å². The van der Waals surface area contributed by atoms with E-state index in [9.17, 15) is 9.59 Å². The largest absolute Gasteiger partial charge is 0.349 e. The lowest BCUT2D eigenvalue weighted by atomic mass is 10.1. The molecule has 24 heavy (non-hydrogen) atoms. The number of H-pyrrole nitrogens is 1. The van der Waals surface area contributed by atoms with Gasteiger partial charge in [-0.1, -0.05) is 0 Å². The molecule has 0 radical (unpaired) electrons. The van der Waals surface area contributed by atoms with Crippen molar-refractivity contribution in [3.63, 3.8) is 0 Å².